The maximum absolute atomic E-state index is 13.0. The third kappa shape index (κ3) is 2.93. The van der Waals surface area contributed by atoms with Crippen LogP contribution in [0.4, 0.5) is 0 Å². The van der Waals surface area contributed by atoms with Gasteiger partial charge in [0.05, 0.1) is 17.6 Å². The van der Waals surface area contributed by atoms with Gasteiger partial charge in [-0.2, -0.15) is 0 Å². The number of halogens is 1. The average molecular weight is 344 g/mol. The first-order chi connectivity index (χ1) is 11.2. The Bertz CT molecular complexity index is 812. The summed E-state index contributed by atoms with van der Waals surface area (Å²) in [4.78, 5) is 17.6. The average Bonchev–Trinajstić information content (AvgIpc) is 2.91. The molecule has 0 bridgehead atoms. The number of carbonyl (C=O) groups excluding carboxylic acids is 1. The SMILES string of the molecule is CN1CCN(CC(=O)n2c3ccccc3c3ccccc32)CC1.Cl. The molecule has 0 unspecified atom stereocenters. The highest BCUT2D eigenvalue weighted by atomic mass is 35.5. The van der Waals surface area contributed by atoms with Gasteiger partial charge in [0, 0.05) is 37.0 Å². The van der Waals surface area contributed by atoms with Crippen LogP contribution in [0.15, 0.2) is 48.5 Å². The Morgan fingerprint density at radius 3 is 1.92 bits per heavy atom. The topological polar surface area (TPSA) is 28.5 Å². The number of hydrogen-bond donors (Lipinski definition) is 0. The first-order valence-electron chi connectivity index (χ1n) is 8.16. The van der Waals surface area contributed by atoms with E-state index in [0.717, 1.165) is 48.0 Å². The summed E-state index contributed by atoms with van der Waals surface area (Å²) < 4.78 is 1.89. The third-order valence-corrected chi connectivity index (χ3v) is 4.78. The molecule has 2 heterocycles. The van der Waals surface area contributed by atoms with E-state index in [1.165, 1.54) is 0 Å². The molecule has 0 atom stereocenters. The van der Waals surface area contributed by atoms with Gasteiger partial charge in [-0.25, -0.2) is 0 Å². The van der Waals surface area contributed by atoms with Gasteiger partial charge < -0.3 is 4.90 Å². The first-order valence-corrected chi connectivity index (χ1v) is 8.16. The standard InChI is InChI=1S/C19H21N3O.ClH/c1-20-10-12-21(13-11-20)14-19(23)22-17-8-4-2-6-15(17)16-7-3-5-9-18(16)22;/h2-9H,10-14H2,1H3;1H. The van der Waals surface area contributed by atoms with Gasteiger partial charge in [0.1, 0.15) is 0 Å². The normalized spacial score (nSPS) is 16.4. The molecule has 0 aliphatic carbocycles. The van der Waals surface area contributed by atoms with E-state index < -0.39 is 0 Å². The second kappa shape index (κ2) is 6.93. The number of para-hydroxylation sites is 2. The third-order valence-electron chi connectivity index (χ3n) is 4.78. The Balaban J connectivity index is 0.00000169. The van der Waals surface area contributed by atoms with E-state index >= 15 is 0 Å². The molecule has 4 nitrogen and oxygen atoms in total. The quantitative estimate of drug-likeness (QED) is 0.716. The first kappa shape index (κ1) is 17.0. The van der Waals surface area contributed by atoms with Crippen LogP contribution >= 0.6 is 12.4 Å². The van der Waals surface area contributed by atoms with E-state index in [1.807, 2.05) is 41.0 Å². The van der Waals surface area contributed by atoms with E-state index in [-0.39, 0.29) is 18.3 Å². The van der Waals surface area contributed by atoms with Crippen molar-refractivity contribution in [1.29, 1.82) is 0 Å². The second-order valence-corrected chi connectivity index (χ2v) is 6.34. The van der Waals surface area contributed by atoms with E-state index in [1.54, 1.807) is 0 Å². The fourth-order valence-corrected chi connectivity index (χ4v) is 3.46. The fraction of sp³-hybridized carbons (Fsp3) is 0.316. The highest BCUT2D eigenvalue weighted by molar-refractivity contribution is 6.13. The Hall–Kier alpha value is -1.88. The summed E-state index contributed by atoms with van der Waals surface area (Å²) in [6.45, 7) is 4.45. The number of benzene rings is 2. The molecule has 2 aromatic carbocycles. The lowest BCUT2D eigenvalue weighted by atomic mass is 10.2. The second-order valence-electron chi connectivity index (χ2n) is 6.34. The van der Waals surface area contributed by atoms with E-state index in [9.17, 15) is 4.79 Å². The van der Waals surface area contributed by atoms with E-state index in [2.05, 4.69) is 29.0 Å². The summed E-state index contributed by atoms with van der Waals surface area (Å²) in [6, 6.07) is 16.3. The van der Waals surface area contributed by atoms with Crippen LogP contribution in [0.2, 0.25) is 0 Å². The smallest absolute Gasteiger partial charge is 0.245 e. The summed E-state index contributed by atoms with van der Waals surface area (Å²) in [5.41, 5.74) is 2.01. The molecular weight excluding hydrogens is 322 g/mol. The molecule has 4 rings (SSSR count). The van der Waals surface area contributed by atoms with Crippen LogP contribution in [-0.2, 0) is 0 Å². The van der Waals surface area contributed by atoms with Crippen molar-refractivity contribution in [3.05, 3.63) is 48.5 Å². The molecular formula is C19H22ClN3O. The summed E-state index contributed by atoms with van der Waals surface area (Å²) in [5.74, 6) is 0.159. The van der Waals surface area contributed by atoms with Crippen molar-refractivity contribution in [3.63, 3.8) is 0 Å². The van der Waals surface area contributed by atoms with Crippen LogP contribution in [0.25, 0.3) is 21.8 Å². The molecule has 1 aliphatic rings. The van der Waals surface area contributed by atoms with Crippen molar-refractivity contribution >= 4 is 40.1 Å². The summed E-state index contributed by atoms with van der Waals surface area (Å²) in [5, 5.41) is 2.30. The van der Waals surface area contributed by atoms with Crippen LogP contribution in [0.3, 0.4) is 0 Å². The van der Waals surface area contributed by atoms with Crippen LogP contribution in [-0.4, -0.2) is 60.0 Å². The van der Waals surface area contributed by atoms with Gasteiger partial charge >= 0.3 is 0 Å². The lowest BCUT2D eigenvalue weighted by Gasteiger charge is -2.31. The molecule has 1 fully saturated rings. The molecule has 0 amide bonds. The van der Waals surface area contributed by atoms with Crippen molar-refractivity contribution in [1.82, 2.24) is 14.4 Å². The Kier molecular flexibility index (Phi) is 4.90. The molecule has 1 aromatic heterocycles. The van der Waals surface area contributed by atoms with Crippen LogP contribution in [0, 0.1) is 0 Å². The van der Waals surface area contributed by atoms with Gasteiger partial charge in [0.25, 0.3) is 0 Å². The van der Waals surface area contributed by atoms with E-state index in [0.29, 0.717) is 6.54 Å². The number of likely N-dealkylation sites (N-methyl/N-ethyl adjacent to an activating group) is 1. The Morgan fingerprint density at radius 1 is 0.875 bits per heavy atom. The predicted octanol–water partition coefficient (Wildman–Crippen LogP) is 3.10. The highest BCUT2D eigenvalue weighted by Crippen LogP contribution is 2.28. The van der Waals surface area contributed by atoms with Crippen molar-refractivity contribution in [2.45, 2.75) is 0 Å². The van der Waals surface area contributed by atoms with Gasteiger partial charge in [-0.15, -0.1) is 12.4 Å². The number of nitrogens with zero attached hydrogens (tertiary/aromatic N) is 3. The van der Waals surface area contributed by atoms with Gasteiger partial charge in [-0.3, -0.25) is 14.3 Å². The molecule has 5 heteroatoms. The van der Waals surface area contributed by atoms with Gasteiger partial charge in [0.2, 0.25) is 5.91 Å². The maximum Gasteiger partial charge on any atom is 0.245 e. The number of aromatic nitrogens is 1. The summed E-state index contributed by atoms with van der Waals surface area (Å²) in [7, 11) is 2.13. The largest absolute Gasteiger partial charge is 0.304 e. The molecule has 3 aromatic rings. The van der Waals surface area contributed by atoms with Crippen LogP contribution in [0.5, 0.6) is 0 Å². The van der Waals surface area contributed by atoms with Gasteiger partial charge in [-0.05, 0) is 19.2 Å². The summed E-state index contributed by atoms with van der Waals surface area (Å²) in [6.07, 6.45) is 0. The number of piperazine rings is 1. The molecule has 0 N–H and O–H groups in total. The Labute approximate surface area is 148 Å². The zero-order valence-corrected chi connectivity index (χ0v) is 14.6. The lowest BCUT2D eigenvalue weighted by Crippen LogP contribution is -2.46. The number of carbonyl (C=O) groups is 1. The molecule has 0 spiro atoms. The predicted molar refractivity (Wildman–Crippen MR) is 101 cm³/mol. The number of hydrogen-bond acceptors (Lipinski definition) is 3. The van der Waals surface area contributed by atoms with E-state index in [4.69, 9.17) is 0 Å². The zero-order chi connectivity index (χ0) is 15.8. The zero-order valence-electron chi connectivity index (χ0n) is 13.8. The highest BCUT2D eigenvalue weighted by Gasteiger charge is 2.20. The molecule has 0 saturated carbocycles. The minimum atomic E-state index is 0. The minimum Gasteiger partial charge on any atom is -0.304 e. The number of fused-ring (bicyclic) bond motifs is 3. The van der Waals surface area contributed by atoms with Gasteiger partial charge in [0.15, 0.2) is 0 Å². The van der Waals surface area contributed by atoms with Crippen molar-refractivity contribution < 1.29 is 4.79 Å². The van der Waals surface area contributed by atoms with Crippen molar-refractivity contribution in [3.8, 4) is 0 Å². The van der Waals surface area contributed by atoms with Crippen LogP contribution in [0.1, 0.15) is 4.79 Å². The monoisotopic (exact) mass is 343 g/mol. The van der Waals surface area contributed by atoms with Crippen LogP contribution < -0.4 is 0 Å². The van der Waals surface area contributed by atoms with Gasteiger partial charge in [-0.1, -0.05) is 36.4 Å². The van der Waals surface area contributed by atoms with Crippen molar-refractivity contribution in [2.75, 3.05) is 39.8 Å². The Morgan fingerprint density at radius 2 is 1.38 bits per heavy atom. The molecule has 126 valence electrons. The maximum atomic E-state index is 13.0. The van der Waals surface area contributed by atoms with Crippen molar-refractivity contribution in [2.24, 2.45) is 0 Å². The molecule has 1 saturated heterocycles. The molecule has 1 aliphatic heterocycles. The molecule has 24 heavy (non-hydrogen) atoms. The minimum absolute atomic E-state index is 0. The summed E-state index contributed by atoms with van der Waals surface area (Å²) >= 11 is 0. The molecule has 0 radical (unpaired) electrons. The lowest BCUT2D eigenvalue weighted by molar-refractivity contribution is 0.0806. The number of rotatable bonds is 2. The fourth-order valence-electron chi connectivity index (χ4n) is 3.46.